The summed E-state index contributed by atoms with van der Waals surface area (Å²) in [5.41, 5.74) is 0.978. The number of hydrogen-bond donors (Lipinski definition) is 1. The van der Waals surface area contributed by atoms with Gasteiger partial charge in [0.2, 0.25) is 0 Å². The average Bonchev–Trinajstić information content (AvgIpc) is 3.10. The number of carbonyl (C=O) groups excluding carboxylic acids is 1. The molecular weight excluding hydrogens is 320 g/mol. The summed E-state index contributed by atoms with van der Waals surface area (Å²) in [5.74, 6) is 1.96. The summed E-state index contributed by atoms with van der Waals surface area (Å²) in [5, 5.41) is 3.23. The zero-order valence-corrected chi connectivity index (χ0v) is 14.8. The highest BCUT2D eigenvalue weighted by atomic mass is 32.2. The molecule has 0 saturated carbocycles. The number of likely N-dealkylation sites (tertiary alicyclic amines) is 1. The fourth-order valence-corrected chi connectivity index (χ4v) is 3.99. The molecule has 0 atom stereocenters. The summed E-state index contributed by atoms with van der Waals surface area (Å²) >= 11 is 1.72. The second-order valence-corrected chi connectivity index (χ2v) is 7.22. The number of rotatable bonds is 6. The third-order valence-electron chi connectivity index (χ3n) is 4.47. The Kier molecular flexibility index (Phi) is 5.99. The molecule has 1 aliphatic rings. The van der Waals surface area contributed by atoms with E-state index in [1.165, 1.54) is 4.90 Å². The quantitative estimate of drug-likeness (QED) is 0.813. The average molecular weight is 344 g/mol. The van der Waals surface area contributed by atoms with E-state index in [2.05, 4.69) is 17.4 Å². The summed E-state index contributed by atoms with van der Waals surface area (Å²) in [4.78, 5) is 15.9. The molecule has 2 heterocycles. The van der Waals surface area contributed by atoms with Crippen molar-refractivity contribution < 1.29 is 9.21 Å². The predicted molar refractivity (Wildman–Crippen MR) is 97.3 cm³/mol. The number of piperidine rings is 1. The molecule has 1 saturated heterocycles. The molecule has 0 radical (unpaired) electrons. The summed E-state index contributed by atoms with van der Waals surface area (Å²) in [6, 6.07) is 12.1. The molecule has 24 heavy (non-hydrogen) atoms. The summed E-state index contributed by atoms with van der Waals surface area (Å²) < 4.78 is 5.53. The lowest BCUT2D eigenvalue weighted by Gasteiger charge is -2.31. The van der Waals surface area contributed by atoms with Gasteiger partial charge in [0.25, 0.3) is 5.91 Å². The summed E-state index contributed by atoms with van der Waals surface area (Å²) in [7, 11) is 1.98. The molecule has 1 amide bonds. The Bertz CT molecular complexity index is 648. The van der Waals surface area contributed by atoms with Crippen LogP contribution in [0.3, 0.4) is 0 Å². The van der Waals surface area contributed by atoms with Crippen molar-refractivity contribution in [2.45, 2.75) is 23.5 Å². The third-order valence-corrected chi connectivity index (χ3v) is 5.53. The van der Waals surface area contributed by atoms with Gasteiger partial charge in [-0.2, -0.15) is 0 Å². The van der Waals surface area contributed by atoms with Gasteiger partial charge in [-0.3, -0.25) is 4.79 Å². The molecule has 1 fully saturated rings. The number of carbonyl (C=O) groups is 1. The molecule has 5 heteroatoms. The maximum Gasteiger partial charge on any atom is 0.289 e. The van der Waals surface area contributed by atoms with Crippen LogP contribution in [0.1, 0.15) is 29.0 Å². The Morgan fingerprint density at radius 1 is 1.25 bits per heavy atom. The van der Waals surface area contributed by atoms with E-state index in [0.29, 0.717) is 11.7 Å². The SMILES string of the molecule is CNCC1CCN(C(=O)c2occc2CSc2ccccc2)CC1. The van der Waals surface area contributed by atoms with Gasteiger partial charge in [0.1, 0.15) is 0 Å². The van der Waals surface area contributed by atoms with Crippen molar-refractivity contribution in [1.82, 2.24) is 10.2 Å². The lowest BCUT2D eigenvalue weighted by Crippen LogP contribution is -2.40. The molecule has 0 unspecified atom stereocenters. The molecule has 3 rings (SSSR count). The normalized spacial score (nSPS) is 15.6. The minimum atomic E-state index is 0.0339. The molecule has 1 aromatic carbocycles. The van der Waals surface area contributed by atoms with E-state index in [1.54, 1.807) is 18.0 Å². The van der Waals surface area contributed by atoms with Crippen LogP contribution in [-0.2, 0) is 5.75 Å². The van der Waals surface area contributed by atoms with E-state index in [0.717, 1.165) is 43.8 Å². The number of amides is 1. The van der Waals surface area contributed by atoms with E-state index < -0.39 is 0 Å². The largest absolute Gasteiger partial charge is 0.459 e. The molecular formula is C19H24N2O2S. The zero-order chi connectivity index (χ0) is 16.8. The lowest BCUT2D eigenvalue weighted by molar-refractivity contribution is 0.0657. The van der Waals surface area contributed by atoms with Gasteiger partial charge in [-0.05, 0) is 50.6 Å². The van der Waals surface area contributed by atoms with Crippen LogP contribution in [0.2, 0.25) is 0 Å². The van der Waals surface area contributed by atoms with Crippen molar-refractivity contribution in [1.29, 1.82) is 0 Å². The summed E-state index contributed by atoms with van der Waals surface area (Å²) in [6.45, 7) is 2.66. The minimum Gasteiger partial charge on any atom is -0.459 e. The smallest absolute Gasteiger partial charge is 0.289 e. The Labute approximate surface area is 147 Å². The van der Waals surface area contributed by atoms with Crippen molar-refractivity contribution >= 4 is 17.7 Å². The van der Waals surface area contributed by atoms with E-state index in [4.69, 9.17) is 4.42 Å². The molecule has 2 aromatic rings. The van der Waals surface area contributed by atoms with E-state index >= 15 is 0 Å². The number of benzene rings is 1. The minimum absolute atomic E-state index is 0.0339. The number of nitrogens with zero attached hydrogens (tertiary/aromatic N) is 1. The molecule has 4 nitrogen and oxygen atoms in total. The maximum atomic E-state index is 12.8. The molecule has 0 spiro atoms. The Hall–Kier alpha value is -1.72. The van der Waals surface area contributed by atoms with Crippen molar-refractivity contribution in [3.8, 4) is 0 Å². The third kappa shape index (κ3) is 4.22. The van der Waals surface area contributed by atoms with Crippen LogP contribution in [0.25, 0.3) is 0 Å². The summed E-state index contributed by atoms with van der Waals surface area (Å²) in [6.07, 6.45) is 3.74. The monoisotopic (exact) mass is 344 g/mol. The van der Waals surface area contributed by atoms with Crippen LogP contribution in [0.4, 0.5) is 0 Å². The second kappa shape index (κ2) is 8.40. The maximum absolute atomic E-state index is 12.8. The van der Waals surface area contributed by atoms with Crippen LogP contribution in [-0.4, -0.2) is 37.5 Å². The first-order valence-electron chi connectivity index (χ1n) is 8.46. The van der Waals surface area contributed by atoms with E-state index in [-0.39, 0.29) is 5.91 Å². The topological polar surface area (TPSA) is 45.5 Å². The van der Waals surface area contributed by atoms with Crippen LogP contribution in [0.5, 0.6) is 0 Å². The Morgan fingerprint density at radius 3 is 2.71 bits per heavy atom. The fourth-order valence-electron chi connectivity index (χ4n) is 3.09. The molecule has 1 aliphatic heterocycles. The van der Waals surface area contributed by atoms with Gasteiger partial charge in [-0.25, -0.2) is 0 Å². The first kappa shape index (κ1) is 17.1. The van der Waals surface area contributed by atoms with Gasteiger partial charge in [0.15, 0.2) is 5.76 Å². The van der Waals surface area contributed by atoms with Crippen molar-refractivity contribution in [2.75, 3.05) is 26.7 Å². The predicted octanol–water partition coefficient (Wildman–Crippen LogP) is 3.64. The number of nitrogens with one attached hydrogen (secondary N) is 1. The first-order chi connectivity index (χ1) is 11.8. The Morgan fingerprint density at radius 2 is 2.00 bits per heavy atom. The van der Waals surface area contributed by atoms with Crippen molar-refractivity contribution in [3.05, 3.63) is 54.0 Å². The highest BCUT2D eigenvalue weighted by molar-refractivity contribution is 7.98. The first-order valence-corrected chi connectivity index (χ1v) is 9.44. The van der Waals surface area contributed by atoms with E-state index in [9.17, 15) is 4.79 Å². The fraction of sp³-hybridized carbons (Fsp3) is 0.421. The van der Waals surface area contributed by atoms with Crippen molar-refractivity contribution in [2.24, 2.45) is 5.92 Å². The van der Waals surface area contributed by atoms with E-state index in [1.807, 2.05) is 36.2 Å². The number of thioether (sulfide) groups is 1. The number of furan rings is 1. The molecule has 1 N–H and O–H groups in total. The molecule has 128 valence electrons. The van der Waals surface area contributed by atoms with Gasteiger partial charge in [0.05, 0.1) is 6.26 Å². The van der Waals surface area contributed by atoms with Crippen LogP contribution < -0.4 is 5.32 Å². The van der Waals surface area contributed by atoms with Gasteiger partial charge < -0.3 is 14.6 Å². The van der Waals surface area contributed by atoms with Crippen LogP contribution in [0.15, 0.2) is 52.0 Å². The molecule has 0 bridgehead atoms. The van der Waals surface area contributed by atoms with Gasteiger partial charge in [0, 0.05) is 29.3 Å². The highest BCUT2D eigenvalue weighted by Crippen LogP contribution is 2.26. The second-order valence-electron chi connectivity index (χ2n) is 6.17. The highest BCUT2D eigenvalue weighted by Gasteiger charge is 2.26. The van der Waals surface area contributed by atoms with Gasteiger partial charge >= 0.3 is 0 Å². The van der Waals surface area contributed by atoms with Crippen LogP contribution >= 0.6 is 11.8 Å². The number of hydrogen-bond acceptors (Lipinski definition) is 4. The lowest BCUT2D eigenvalue weighted by atomic mass is 9.96. The van der Waals surface area contributed by atoms with Crippen LogP contribution in [0, 0.1) is 5.92 Å². The van der Waals surface area contributed by atoms with Crippen molar-refractivity contribution in [3.63, 3.8) is 0 Å². The van der Waals surface area contributed by atoms with Gasteiger partial charge in [-0.1, -0.05) is 18.2 Å². The Balaban J connectivity index is 1.59. The molecule has 0 aliphatic carbocycles. The standard InChI is InChI=1S/C19H24N2O2S/c1-20-13-15-7-10-21(11-8-15)19(22)18-16(9-12-23-18)14-24-17-5-3-2-4-6-17/h2-6,9,12,15,20H,7-8,10-11,13-14H2,1H3. The zero-order valence-electron chi connectivity index (χ0n) is 14.0. The van der Waals surface area contributed by atoms with Gasteiger partial charge in [-0.15, -0.1) is 11.8 Å². The molecule has 1 aromatic heterocycles.